The van der Waals surface area contributed by atoms with E-state index in [1.165, 1.54) is 6.38 Å². The second-order valence-corrected chi connectivity index (χ2v) is 2.12. The van der Waals surface area contributed by atoms with E-state index in [0.29, 0.717) is 0 Å². The molecule has 0 bridgehead atoms. The zero-order valence-corrected chi connectivity index (χ0v) is 9.90. The molecule has 0 saturated carbocycles. The van der Waals surface area contributed by atoms with Crippen molar-refractivity contribution in [2.24, 2.45) is 0 Å². The molecule has 9 heteroatoms. The van der Waals surface area contributed by atoms with E-state index in [1.807, 2.05) is 0 Å². The first-order valence-corrected chi connectivity index (χ1v) is 4.47. The zero-order valence-electron chi connectivity index (χ0n) is 5.35. The quantitative estimate of drug-likeness (QED) is 0.314. The first-order valence-electron chi connectivity index (χ1n) is 1.49. The van der Waals surface area contributed by atoms with Crippen LogP contribution in [0.1, 0.15) is 0 Å². The molecular formula is CH4ClNaO5P2+2. The Morgan fingerprint density at radius 1 is 1.50 bits per heavy atom. The van der Waals surface area contributed by atoms with Crippen molar-refractivity contribution in [2.75, 3.05) is 6.38 Å². The van der Waals surface area contributed by atoms with Crippen molar-refractivity contribution in [3.8, 4) is 0 Å². The third-order valence-electron chi connectivity index (χ3n) is 0.137. The van der Waals surface area contributed by atoms with E-state index in [-0.39, 0.29) is 29.6 Å². The van der Waals surface area contributed by atoms with Gasteiger partial charge in [-0.2, -0.15) is 0 Å². The molecule has 0 fully saturated rings. The van der Waals surface area contributed by atoms with Gasteiger partial charge in [-0.1, -0.05) is 0 Å². The Hall–Kier alpha value is 1.37. The molecular weight excluding hydrogens is 212 g/mol. The molecule has 0 saturated heterocycles. The maximum absolute atomic E-state index is 9.35. The average molecular weight is 216 g/mol. The van der Waals surface area contributed by atoms with Crippen LogP contribution in [0.25, 0.3) is 0 Å². The van der Waals surface area contributed by atoms with Crippen molar-refractivity contribution in [2.45, 2.75) is 0 Å². The van der Waals surface area contributed by atoms with E-state index in [4.69, 9.17) is 4.89 Å². The van der Waals surface area contributed by atoms with Crippen LogP contribution in [0.5, 0.6) is 0 Å². The van der Waals surface area contributed by atoms with Crippen LogP contribution in [0.15, 0.2) is 0 Å². The van der Waals surface area contributed by atoms with Gasteiger partial charge in [0.05, 0.1) is 0 Å². The minimum Gasteiger partial charge on any atom is -0.563 e. The van der Waals surface area contributed by atoms with E-state index in [1.54, 1.807) is 0 Å². The van der Waals surface area contributed by atoms with Crippen molar-refractivity contribution in [1.82, 2.24) is 0 Å². The maximum atomic E-state index is 9.35. The Bertz CT molecular complexity index is 95.8. The second-order valence-electron chi connectivity index (χ2n) is 0.543. The molecule has 0 aliphatic heterocycles. The predicted octanol–water partition coefficient (Wildman–Crippen LogP) is -2.47. The topological polar surface area (TPSA) is 86.7 Å². The second kappa shape index (κ2) is 13.0. The number of rotatable bonds is 2. The molecule has 0 aliphatic rings. The van der Waals surface area contributed by atoms with Crippen LogP contribution >= 0.6 is 28.1 Å². The van der Waals surface area contributed by atoms with Crippen LogP contribution in [0.4, 0.5) is 0 Å². The van der Waals surface area contributed by atoms with Crippen molar-refractivity contribution >= 4 is 28.1 Å². The van der Waals surface area contributed by atoms with Gasteiger partial charge in [-0.3, -0.25) is 0 Å². The molecule has 10 heavy (non-hydrogen) atoms. The van der Waals surface area contributed by atoms with Gasteiger partial charge in [0.25, 0.3) is 0 Å². The van der Waals surface area contributed by atoms with Gasteiger partial charge < -0.3 is 4.89 Å². The molecule has 0 amide bonds. The van der Waals surface area contributed by atoms with Gasteiger partial charge in [0.1, 0.15) is 4.31 Å². The Morgan fingerprint density at radius 2 is 1.80 bits per heavy atom. The minimum atomic E-state index is -3.17. The Morgan fingerprint density at radius 3 is 1.80 bits per heavy atom. The summed E-state index contributed by atoms with van der Waals surface area (Å²) in [5.41, 5.74) is 0. The first kappa shape index (κ1) is 17.5. The number of alkyl halides is 1. The van der Waals surface area contributed by atoms with Crippen LogP contribution in [-0.4, -0.2) is 11.3 Å². The van der Waals surface area contributed by atoms with E-state index < -0.39 is 16.5 Å². The third-order valence-corrected chi connectivity index (χ3v) is 1.23. The van der Waals surface area contributed by atoms with Crippen LogP contribution in [0.2, 0.25) is 0 Å². The van der Waals surface area contributed by atoms with Crippen molar-refractivity contribution < 1.29 is 52.8 Å². The van der Waals surface area contributed by atoms with E-state index in [0.717, 1.165) is 0 Å². The number of hydrogen-bond donors (Lipinski definition) is 1. The molecule has 0 rings (SSSR count). The molecule has 2 unspecified atom stereocenters. The molecule has 0 aromatic carbocycles. The standard InChI is InChI=1S/CH3Cl.Na.O5P2/c1-2;;1-6(2)5-7(3)4/h1H3;;/q;+1;/p+1. The summed E-state index contributed by atoms with van der Waals surface area (Å²) in [6.45, 7) is 0. The predicted molar refractivity (Wildman–Crippen MR) is 30.3 cm³/mol. The molecule has 0 spiro atoms. The average Bonchev–Trinajstić information content (AvgIpc) is 1.68. The minimum absolute atomic E-state index is 0. The molecule has 0 aliphatic carbocycles. The van der Waals surface area contributed by atoms with Gasteiger partial charge in [-0.05, 0) is 4.57 Å². The molecule has 0 heterocycles. The molecule has 2 atom stereocenters. The SMILES string of the molecule is CCl.O=[P+]([O-])O[P+](=O)O.[Na+]. The van der Waals surface area contributed by atoms with Crippen LogP contribution in [0.3, 0.4) is 0 Å². The van der Waals surface area contributed by atoms with E-state index >= 15 is 0 Å². The fraction of sp³-hybridized carbons (Fsp3) is 1.00. The number of halogens is 1. The summed E-state index contributed by atoms with van der Waals surface area (Å²) >= 11 is 4.64. The van der Waals surface area contributed by atoms with E-state index in [2.05, 4.69) is 15.9 Å². The first-order chi connectivity index (χ1) is 4.13. The summed E-state index contributed by atoms with van der Waals surface area (Å²) in [5.74, 6) is 0. The van der Waals surface area contributed by atoms with Crippen LogP contribution in [0, 0.1) is 0 Å². The summed E-state index contributed by atoms with van der Waals surface area (Å²) < 4.78 is 21.9. The fourth-order valence-electron chi connectivity index (χ4n) is 0.0570. The largest absolute Gasteiger partial charge is 1.00 e. The summed E-state index contributed by atoms with van der Waals surface area (Å²) in [6, 6.07) is 0. The molecule has 1 N–H and O–H groups in total. The van der Waals surface area contributed by atoms with Crippen LogP contribution < -0.4 is 34.5 Å². The smallest absolute Gasteiger partial charge is 0.563 e. The number of hydrogen-bond acceptors (Lipinski definition) is 4. The molecule has 0 aromatic rings. The van der Waals surface area contributed by atoms with E-state index in [9.17, 15) is 14.0 Å². The van der Waals surface area contributed by atoms with Gasteiger partial charge in [0.2, 0.25) is 0 Å². The fourth-order valence-corrected chi connectivity index (χ4v) is 0.513. The molecule has 0 aromatic heterocycles. The summed E-state index contributed by atoms with van der Waals surface area (Å²) in [5, 5.41) is 0. The monoisotopic (exact) mass is 216 g/mol. The summed E-state index contributed by atoms with van der Waals surface area (Å²) in [4.78, 5) is 16.9. The van der Waals surface area contributed by atoms with Crippen molar-refractivity contribution in [3.05, 3.63) is 0 Å². The molecule has 0 radical (unpaired) electrons. The van der Waals surface area contributed by atoms with Crippen LogP contribution in [-0.2, 0) is 13.4 Å². The maximum Gasteiger partial charge on any atom is 1.00 e. The van der Waals surface area contributed by atoms with Gasteiger partial charge in [-0.15, -0.1) is 16.5 Å². The van der Waals surface area contributed by atoms with Crippen molar-refractivity contribution in [3.63, 3.8) is 0 Å². The van der Waals surface area contributed by atoms with Gasteiger partial charge in [0, 0.05) is 10.9 Å². The Balaban J connectivity index is -0.000000149. The summed E-state index contributed by atoms with van der Waals surface area (Å²) in [6.07, 6.45) is 1.47. The molecule has 54 valence electrons. The zero-order chi connectivity index (χ0) is 7.86. The van der Waals surface area contributed by atoms with Crippen molar-refractivity contribution in [1.29, 1.82) is 0 Å². The Kier molecular flexibility index (Phi) is 22.7. The third kappa shape index (κ3) is 22.8. The van der Waals surface area contributed by atoms with Gasteiger partial charge in [-0.25, -0.2) is 0 Å². The normalized spacial score (nSPS) is 10.0. The van der Waals surface area contributed by atoms with Gasteiger partial charge >= 0.3 is 46.1 Å². The van der Waals surface area contributed by atoms with Gasteiger partial charge in [0.15, 0.2) is 0 Å². The summed E-state index contributed by atoms with van der Waals surface area (Å²) in [7, 11) is -6.16. The molecule has 5 nitrogen and oxygen atoms in total. The Labute approximate surface area is 86.9 Å².